The summed E-state index contributed by atoms with van der Waals surface area (Å²) in [6.45, 7) is -3.96. The van der Waals surface area contributed by atoms with E-state index in [2.05, 4.69) is 0 Å². The van der Waals surface area contributed by atoms with E-state index in [4.69, 9.17) is 9.47 Å². The summed E-state index contributed by atoms with van der Waals surface area (Å²) < 4.78 is 11.5. The molecule has 0 aromatic carbocycles. The van der Waals surface area contributed by atoms with Crippen molar-refractivity contribution < 1.29 is 179 Å². The fraction of sp³-hybridized carbons (Fsp3) is 0.864. The predicted molar refractivity (Wildman–Crippen MR) is 241 cm³/mol. The minimum atomic E-state index is -1.38. The second-order valence-electron chi connectivity index (χ2n) is 18.5. The molecule has 75 heavy (non-hydrogen) atoms. The molecule has 0 spiro atoms. The van der Waals surface area contributed by atoms with Crippen molar-refractivity contribution in [2.45, 2.75) is 24.4 Å². The zero-order valence-corrected chi connectivity index (χ0v) is 46.9. The number of aliphatic hydroxyl groups is 6. The summed E-state index contributed by atoms with van der Waals surface area (Å²) in [5.41, 5.74) is 0. The molecule has 0 saturated carbocycles. The van der Waals surface area contributed by atoms with Gasteiger partial charge in [0.05, 0.1) is 87.7 Å². The molecular weight excluding hydrogens is 1290 g/mol. The number of ether oxygens (including phenoxy) is 2. The molecule has 2 aliphatic rings. The number of carboxylic acids is 6. The van der Waals surface area contributed by atoms with Gasteiger partial charge in [0.15, 0.2) is 0 Å². The molecule has 0 aliphatic carbocycles. The molecule has 434 valence electrons. The molecule has 0 aromatic rings. The van der Waals surface area contributed by atoms with Crippen LogP contribution in [0.25, 0.3) is 0 Å². The summed E-state index contributed by atoms with van der Waals surface area (Å²) in [5.74, 6) is -8.91. The van der Waals surface area contributed by atoms with Crippen LogP contribution >= 0.6 is 0 Å². The number of nitrogens with zero attached hydrogens (tertiary/aromatic N) is 9. The summed E-state index contributed by atoms with van der Waals surface area (Å²) in [6, 6.07) is 0. The van der Waals surface area contributed by atoms with Gasteiger partial charge in [-0.2, -0.15) is 0 Å². The van der Waals surface area contributed by atoms with Crippen LogP contribution in [0.15, 0.2) is 0 Å². The van der Waals surface area contributed by atoms with Crippen molar-refractivity contribution in [3.05, 3.63) is 0 Å². The van der Waals surface area contributed by atoms with Crippen LogP contribution in [0.5, 0.6) is 0 Å². The molecule has 0 aromatic heterocycles. The average molecular weight is 1370 g/mol. The van der Waals surface area contributed by atoms with Crippen molar-refractivity contribution >= 4 is 35.8 Å². The van der Waals surface area contributed by atoms with E-state index in [0.29, 0.717) is 0 Å². The molecule has 2 radical (unpaired) electrons. The Morgan fingerprint density at radius 1 is 0.373 bits per heavy atom. The van der Waals surface area contributed by atoms with E-state index in [1.165, 1.54) is 9.80 Å². The third-order valence-electron chi connectivity index (χ3n) is 12.3. The number of hydrogen-bond acceptors (Lipinski definition) is 29. The van der Waals surface area contributed by atoms with Crippen molar-refractivity contribution in [2.75, 3.05) is 216 Å². The van der Waals surface area contributed by atoms with E-state index in [-0.39, 0.29) is 231 Å². The zero-order valence-electron chi connectivity index (χ0n) is 42.4. The smallest absolute Gasteiger partial charge is 0.549 e. The van der Waals surface area contributed by atoms with Gasteiger partial charge in [-0.1, -0.05) is 0 Å². The number of carboxylic acid groups (broad SMARTS) is 6. The molecule has 2 atom stereocenters. The molecule has 2 saturated heterocycles. The number of β-amino-alcohol motifs (C(OH)–C–C–N with tert-alkyl or cyclic N) is 2. The van der Waals surface area contributed by atoms with Crippen LogP contribution in [0.3, 0.4) is 0 Å². The van der Waals surface area contributed by atoms with Crippen LogP contribution in [0.2, 0.25) is 0 Å². The van der Waals surface area contributed by atoms with Crippen LogP contribution in [-0.4, -0.2) is 351 Å². The van der Waals surface area contributed by atoms with Crippen molar-refractivity contribution in [3.63, 3.8) is 0 Å². The monoisotopic (exact) mass is 1370 g/mol. The maximum atomic E-state index is 11.9. The molecule has 2 aliphatic heterocycles. The van der Waals surface area contributed by atoms with Crippen LogP contribution in [0.4, 0.5) is 0 Å². The molecule has 0 amide bonds. The maximum absolute atomic E-state index is 11.9. The maximum Gasteiger partial charge on any atom is 3.00 e. The van der Waals surface area contributed by atoms with Crippen molar-refractivity contribution in [2.24, 2.45) is 5.92 Å². The van der Waals surface area contributed by atoms with E-state index in [9.17, 15) is 90.0 Å². The van der Waals surface area contributed by atoms with E-state index >= 15 is 0 Å². The van der Waals surface area contributed by atoms with Crippen molar-refractivity contribution in [1.29, 1.82) is 0 Å². The minimum absolute atomic E-state index is 0. The molecule has 2 rings (SSSR count). The molecule has 31 heteroatoms. The second kappa shape index (κ2) is 42.6. The molecule has 2 unspecified atom stereocenters. The summed E-state index contributed by atoms with van der Waals surface area (Å²) in [5, 5.41) is 133. The van der Waals surface area contributed by atoms with Crippen LogP contribution in [0.1, 0.15) is 0 Å². The molecule has 2 heterocycles. The van der Waals surface area contributed by atoms with Crippen LogP contribution < -0.4 is 30.6 Å². The molecular formula is C44H77Gd2N9O20. The predicted octanol–water partition coefficient (Wildman–Crippen LogP) is -15.7. The first-order chi connectivity index (χ1) is 34.7. The second-order valence-corrected chi connectivity index (χ2v) is 18.5. The number of rotatable bonds is 32. The van der Waals surface area contributed by atoms with Crippen LogP contribution in [0, 0.1) is 85.8 Å². The van der Waals surface area contributed by atoms with Gasteiger partial charge >= 0.3 is 79.9 Å². The fourth-order valence-electron chi connectivity index (χ4n) is 8.49. The quantitative estimate of drug-likeness (QED) is 0.0364. The summed E-state index contributed by atoms with van der Waals surface area (Å²) in [6.07, 6.45) is -4.41. The number of aliphatic carboxylic acids is 6. The largest absolute Gasteiger partial charge is 3.00 e. The van der Waals surface area contributed by atoms with Gasteiger partial charge in [0, 0.05) is 183 Å². The summed E-state index contributed by atoms with van der Waals surface area (Å²) >= 11 is 0. The van der Waals surface area contributed by atoms with Gasteiger partial charge in [0.25, 0.3) is 0 Å². The minimum Gasteiger partial charge on any atom is -0.549 e. The van der Waals surface area contributed by atoms with Gasteiger partial charge in [-0.3, -0.25) is 44.1 Å². The van der Waals surface area contributed by atoms with E-state index < -0.39 is 132 Å². The number of hydrogen-bond donors (Lipinski definition) is 6. The molecule has 29 nitrogen and oxygen atoms in total. The third-order valence-corrected chi connectivity index (χ3v) is 12.3. The average Bonchev–Trinajstić information content (AvgIpc) is 3.30. The van der Waals surface area contributed by atoms with Crippen molar-refractivity contribution in [3.8, 4) is 0 Å². The summed E-state index contributed by atoms with van der Waals surface area (Å²) in [4.78, 5) is 84.4. The first-order valence-electron chi connectivity index (χ1n) is 24.4. The third kappa shape index (κ3) is 35.9. The normalized spacial score (nSPS) is 18.8. The first kappa shape index (κ1) is 73.8. The topological polar surface area (TPSA) is 410 Å². The Hall–Kier alpha value is -1.21. The van der Waals surface area contributed by atoms with Gasteiger partial charge in [-0.25, -0.2) is 0 Å². The van der Waals surface area contributed by atoms with E-state index in [1.807, 2.05) is 0 Å². The van der Waals surface area contributed by atoms with Gasteiger partial charge in [-0.05, 0) is 0 Å². The SMILES string of the molecule is O=C([O-])CN1CCN(CC(=O)[O-])CCN(CC(O)CN(CC(O)CN2CCN(CC(=O)[O-])CCN(CC(=O)[O-])CCN(CC(=O)[O-])CC2)CC(COC(CO)CO)COC(CO)CO)CCN(CC(=O)[O-])CC1.[Gd+3].[Gd+3]. The van der Waals surface area contributed by atoms with E-state index in [0.717, 1.165) is 0 Å². The summed E-state index contributed by atoms with van der Waals surface area (Å²) in [7, 11) is 0. The van der Waals surface area contributed by atoms with E-state index in [1.54, 1.807) is 34.3 Å². The molecule has 0 bridgehead atoms. The first-order valence-corrected chi connectivity index (χ1v) is 24.4. The van der Waals surface area contributed by atoms with Crippen LogP contribution in [-0.2, 0) is 38.2 Å². The Morgan fingerprint density at radius 2 is 0.573 bits per heavy atom. The Kier molecular flexibility index (Phi) is 42.0. The van der Waals surface area contributed by atoms with Gasteiger partial charge in [0.1, 0.15) is 12.2 Å². The standard InChI is InChI=1S/C44H83N9O20.2Gd/c54-28-37(29-55)72-32-34(33-73-38(30-56)31-57)17-53(20-35(58)18-45-1-5-47(22-39(60)61)9-13-51(26-43(68)69)14-10-48(6-2-45)23-40(62)63)21-36(59)19-46-3-7-49(24-41(64)65)11-15-52(27-44(70)71)16-12-50(8-4-46)25-42(66)67;;/h34-38,54-59H,1-33H2,(H,60,61)(H,62,63)(H,64,65)(H,66,67)(H,68,69)(H,70,71);;/q;2*+3/p-6. The van der Waals surface area contributed by atoms with Gasteiger partial charge < -0.3 is 99.5 Å². The zero-order chi connectivity index (χ0) is 54.3. The Balaban J connectivity index is 0.0000274. The Morgan fingerprint density at radius 3 is 0.760 bits per heavy atom. The fourth-order valence-corrected chi connectivity index (χ4v) is 8.49. The Bertz CT molecular complexity index is 1450. The Labute approximate surface area is 501 Å². The number of aliphatic hydroxyl groups excluding tert-OH is 6. The van der Waals surface area contributed by atoms with Gasteiger partial charge in [0.2, 0.25) is 0 Å². The molecule has 6 N–H and O–H groups in total. The molecule has 2 fully saturated rings. The number of carbonyl (C=O) groups is 6. The van der Waals surface area contributed by atoms with Gasteiger partial charge in [-0.15, -0.1) is 0 Å². The van der Waals surface area contributed by atoms with Crippen molar-refractivity contribution in [1.82, 2.24) is 44.1 Å². The number of carbonyl (C=O) groups excluding carboxylic acids is 6.